The summed E-state index contributed by atoms with van der Waals surface area (Å²) in [7, 11) is 0. The fraction of sp³-hybridized carbons (Fsp3) is 0.393. The van der Waals surface area contributed by atoms with Crippen molar-refractivity contribution >= 4 is 29.0 Å². The molecule has 4 heterocycles. The zero-order valence-electron chi connectivity index (χ0n) is 23.5. The number of rotatable bonds is 10. The van der Waals surface area contributed by atoms with Crippen molar-refractivity contribution in [3.05, 3.63) is 59.8 Å². The van der Waals surface area contributed by atoms with Crippen LogP contribution in [0.3, 0.4) is 0 Å². The number of hydrogen-bond acceptors (Lipinski definition) is 8. The fourth-order valence-corrected chi connectivity index (χ4v) is 5.10. The minimum absolute atomic E-state index is 0.140. The number of aromatic amines is 1. The van der Waals surface area contributed by atoms with Crippen molar-refractivity contribution in [2.24, 2.45) is 0 Å². The van der Waals surface area contributed by atoms with Gasteiger partial charge in [0.05, 0.1) is 35.3 Å². The highest BCUT2D eigenvalue weighted by Gasteiger charge is 2.39. The van der Waals surface area contributed by atoms with Gasteiger partial charge in [0.2, 0.25) is 5.91 Å². The second-order valence-electron chi connectivity index (χ2n) is 10.4. The van der Waals surface area contributed by atoms with E-state index < -0.39 is 23.5 Å². The zero-order chi connectivity index (χ0) is 30.8. The SMILES string of the molecule is CCc1cc(Nc2nccn3c(-c4cn[nH]c4C(F)(F)F)cnc23)ccc1C(=O)NCCNC(=O)[C@@H]1C[C@@](O)(CC)CN1. The molecule has 2 amide bonds. The standard InChI is InChI=1S/C28H32F3N9O3/c1-3-16-11-17(5-6-18(16)25(41)33-7-8-34-26(42)20-12-27(43,4-2)15-36-20)38-23-24-35-14-21(40(24)10-9-32-23)19-13-37-39-22(19)28(29,30)31/h5-6,9-11,13-14,20,36,43H,3-4,7-8,12,15H2,1-2H3,(H,32,38)(H,33,41)(H,34,42)(H,37,39)/t20-,27-/m0/s1. The number of hydrogen-bond donors (Lipinski definition) is 6. The van der Waals surface area contributed by atoms with Gasteiger partial charge in [-0.15, -0.1) is 0 Å². The van der Waals surface area contributed by atoms with Gasteiger partial charge in [-0.25, -0.2) is 9.97 Å². The average molecular weight is 600 g/mol. The van der Waals surface area contributed by atoms with E-state index in [-0.39, 0.29) is 36.2 Å². The third-order valence-corrected chi connectivity index (χ3v) is 7.57. The van der Waals surface area contributed by atoms with Crippen LogP contribution >= 0.6 is 0 Å². The van der Waals surface area contributed by atoms with E-state index in [2.05, 4.69) is 36.3 Å². The molecule has 1 fully saturated rings. The number of aliphatic hydroxyl groups is 1. The molecule has 0 radical (unpaired) electrons. The third-order valence-electron chi connectivity index (χ3n) is 7.57. The summed E-state index contributed by atoms with van der Waals surface area (Å²) in [5.74, 6) is -0.201. The first kappa shape index (κ1) is 30.0. The Labute approximate surface area is 244 Å². The lowest BCUT2D eigenvalue weighted by Crippen LogP contribution is -2.43. The van der Waals surface area contributed by atoms with Crippen LogP contribution in [0.4, 0.5) is 24.7 Å². The first-order valence-corrected chi connectivity index (χ1v) is 13.9. The normalized spacial score (nSPS) is 18.6. The molecular formula is C28H32F3N9O3. The minimum Gasteiger partial charge on any atom is -0.388 e. The van der Waals surface area contributed by atoms with Crippen molar-refractivity contribution in [2.45, 2.75) is 50.9 Å². The summed E-state index contributed by atoms with van der Waals surface area (Å²) in [6.45, 7) is 4.61. The van der Waals surface area contributed by atoms with Gasteiger partial charge in [0.15, 0.2) is 11.5 Å². The molecule has 4 aromatic rings. The van der Waals surface area contributed by atoms with Crippen molar-refractivity contribution in [3.63, 3.8) is 0 Å². The summed E-state index contributed by atoms with van der Waals surface area (Å²) in [5.41, 5.74) is 0.351. The molecule has 0 saturated carbocycles. The van der Waals surface area contributed by atoms with Crippen molar-refractivity contribution in [1.82, 2.24) is 40.5 Å². The molecule has 5 rings (SSSR count). The highest BCUT2D eigenvalue weighted by molar-refractivity contribution is 5.96. The number of aromatic nitrogens is 5. The fourth-order valence-electron chi connectivity index (χ4n) is 5.10. The zero-order valence-corrected chi connectivity index (χ0v) is 23.5. The number of carbonyl (C=O) groups is 2. The van der Waals surface area contributed by atoms with Gasteiger partial charge in [-0.3, -0.25) is 19.1 Å². The maximum Gasteiger partial charge on any atom is 0.433 e. The van der Waals surface area contributed by atoms with Gasteiger partial charge in [0.25, 0.3) is 5.91 Å². The quantitative estimate of drug-likeness (QED) is 0.152. The topological polar surface area (TPSA) is 161 Å². The maximum absolute atomic E-state index is 13.4. The highest BCUT2D eigenvalue weighted by Crippen LogP contribution is 2.36. The van der Waals surface area contributed by atoms with E-state index in [1.165, 1.54) is 23.0 Å². The maximum atomic E-state index is 13.4. The van der Waals surface area contributed by atoms with Crippen molar-refractivity contribution in [3.8, 4) is 11.3 Å². The summed E-state index contributed by atoms with van der Waals surface area (Å²) < 4.78 is 41.8. The number of anilines is 2. The van der Waals surface area contributed by atoms with E-state index in [1.54, 1.807) is 18.2 Å². The van der Waals surface area contributed by atoms with Crippen LogP contribution in [0.15, 0.2) is 43.0 Å². The molecule has 1 aromatic carbocycles. The van der Waals surface area contributed by atoms with Crippen LogP contribution in [0.5, 0.6) is 0 Å². The number of imidazole rings is 1. The Hall–Kier alpha value is -4.50. The van der Waals surface area contributed by atoms with Crippen molar-refractivity contribution in [1.29, 1.82) is 0 Å². The van der Waals surface area contributed by atoms with Gasteiger partial charge in [-0.1, -0.05) is 13.8 Å². The van der Waals surface area contributed by atoms with E-state index in [0.29, 0.717) is 48.5 Å². The molecule has 6 N–H and O–H groups in total. The summed E-state index contributed by atoms with van der Waals surface area (Å²) in [6, 6.07) is 4.69. The van der Waals surface area contributed by atoms with E-state index in [1.807, 2.05) is 18.9 Å². The van der Waals surface area contributed by atoms with Gasteiger partial charge >= 0.3 is 6.18 Å². The minimum atomic E-state index is -4.61. The Morgan fingerprint density at radius 2 is 1.95 bits per heavy atom. The van der Waals surface area contributed by atoms with E-state index in [4.69, 9.17) is 0 Å². The van der Waals surface area contributed by atoms with Gasteiger partial charge < -0.3 is 26.4 Å². The van der Waals surface area contributed by atoms with Crippen LogP contribution in [0.2, 0.25) is 0 Å². The number of halogens is 3. The summed E-state index contributed by atoms with van der Waals surface area (Å²) in [4.78, 5) is 33.9. The predicted molar refractivity (Wildman–Crippen MR) is 152 cm³/mol. The van der Waals surface area contributed by atoms with Crippen LogP contribution in [-0.2, 0) is 17.4 Å². The Morgan fingerprint density at radius 3 is 2.67 bits per heavy atom. The summed E-state index contributed by atoms with van der Waals surface area (Å²) in [6.07, 6.45) is 2.22. The first-order valence-electron chi connectivity index (χ1n) is 13.9. The average Bonchev–Trinajstić information content (AvgIpc) is 3.74. The Morgan fingerprint density at radius 1 is 1.16 bits per heavy atom. The van der Waals surface area contributed by atoms with Crippen LogP contribution in [0.25, 0.3) is 16.9 Å². The second-order valence-corrected chi connectivity index (χ2v) is 10.4. The van der Waals surface area contributed by atoms with E-state index in [9.17, 15) is 27.9 Å². The van der Waals surface area contributed by atoms with Gasteiger partial charge in [-0.05, 0) is 36.6 Å². The van der Waals surface area contributed by atoms with E-state index in [0.717, 1.165) is 11.8 Å². The molecule has 1 saturated heterocycles. The van der Waals surface area contributed by atoms with Gasteiger partial charge in [0, 0.05) is 49.7 Å². The van der Waals surface area contributed by atoms with E-state index >= 15 is 0 Å². The molecule has 228 valence electrons. The molecule has 43 heavy (non-hydrogen) atoms. The smallest absolute Gasteiger partial charge is 0.388 e. The Bertz CT molecular complexity index is 1630. The van der Waals surface area contributed by atoms with Crippen LogP contribution in [-0.4, -0.2) is 72.8 Å². The molecule has 3 aromatic heterocycles. The number of amides is 2. The van der Waals surface area contributed by atoms with Crippen LogP contribution in [0.1, 0.15) is 48.3 Å². The monoisotopic (exact) mass is 599 g/mol. The number of alkyl halides is 3. The molecular weight excluding hydrogens is 567 g/mol. The molecule has 0 unspecified atom stereocenters. The molecule has 0 spiro atoms. The predicted octanol–water partition coefficient (Wildman–Crippen LogP) is 2.79. The first-order chi connectivity index (χ1) is 20.5. The summed E-state index contributed by atoms with van der Waals surface area (Å²) >= 11 is 0. The number of β-amino-alcohol motifs (C(OH)–C–C–N with tert-alkyl or cyclic N) is 1. The van der Waals surface area contributed by atoms with Gasteiger partial charge in [-0.2, -0.15) is 18.3 Å². The number of carbonyl (C=O) groups excluding carboxylic acids is 2. The Kier molecular flexibility index (Phi) is 8.37. The molecule has 0 aliphatic carbocycles. The molecule has 12 nitrogen and oxygen atoms in total. The lowest BCUT2D eigenvalue weighted by molar-refractivity contribution is -0.140. The lowest BCUT2D eigenvalue weighted by atomic mass is 9.97. The molecule has 2 atom stereocenters. The molecule has 1 aliphatic heterocycles. The number of fused-ring (bicyclic) bond motifs is 1. The summed E-state index contributed by atoms with van der Waals surface area (Å²) in [5, 5.41) is 27.6. The number of nitrogens with zero attached hydrogens (tertiary/aromatic N) is 4. The van der Waals surface area contributed by atoms with Crippen LogP contribution < -0.4 is 21.3 Å². The number of aryl methyl sites for hydroxylation is 1. The Balaban J connectivity index is 1.23. The molecule has 0 bridgehead atoms. The number of nitrogens with one attached hydrogen (secondary N) is 5. The second kappa shape index (κ2) is 12.0. The largest absolute Gasteiger partial charge is 0.433 e. The lowest BCUT2D eigenvalue weighted by Gasteiger charge is -2.18. The van der Waals surface area contributed by atoms with Gasteiger partial charge in [0.1, 0.15) is 5.69 Å². The van der Waals surface area contributed by atoms with Crippen molar-refractivity contribution < 1.29 is 27.9 Å². The highest BCUT2D eigenvalue weighted by atomic mass is 19.4. The molecule has 15 heteroatoms. The molecule has 1 aliphatic rings. The third kappa shape index (κ3) is 6.32. The van der Waals surface area contributed by atoms with Crippen LogP contribution in [0, 0.1) is 0 Å². The number of benzene rings is 1. The number of H-pyrrole nitrogens is 1. The van der Waals surface area contributed by atoms with Crippen molar-refractivity contribution in [2.75, 3.05) is 25.0 Å².